The summed E-state index contributed by atoms with van der Waals surface area (Å²) in [6.45, 7) is 7.43. The van der Waals surface area contributed by atoms with Crippen LogP contribution in [-0.2, 0) is 38.4 Å². The molecule has 2 aliphatic rings. The molecule has 5 rings (SSSR count). The summed E-state index contributed by atoms with van der Waals surface area (Å²) in [5.74, 6) is 1.00. The minimum atomic E-state index is 0.0780. The number of rotatable bonds is 4. The second kappa shape index (κ2) is 8.34. The molecule has 0 aliphatic carbocycles. The number of anilines is 1. The van der Waals surface area contributed by atoms with Gasteiger partial charge in [-0.25, -0.2) is 9.97 Å². The number of nitrogens with zero attached hydrogens (tertiary/aromatic N) is 9. The monoisotopic (exact) mass is 435 g/mol. The molecule has 5 heterocycles. The van der Waals surface area contributed by atoms with Gasteiger partial charge in [0.1, 0.15) is 5.69 Å². The average molecular weight is 436 g/mol. The van der Waals surface area contributed by atoms with Crippen LogP contribution in [0.1, 0.15) is 23.9 Å². The van der Waals surface area contributed by atoms with E-state index in [9.17, 15) is 4.79 Å². The van der Waals surface area contributed by atoms with Crippen molar-refractivity contribution in [3.63, 3.8) is 0 Å². The van der Waals surface area contributed by atoms with E-state index in [4.69, 9.17) is 9.97 Å². The Bertz CT molecular complexity index is 1130. The smallest absolute Gasteiger partial charge is 0.219 e. The average Bonchev–Trinajstić information content (AvgIpc) is 3.40. The van der Waals surface area contributed by atoms with Crippen molar-refractivity contribution in [2.75, 3.05) is 37.6 Å². The third-order valence-electron chi connectivity index (χ3n) is 6.25. The van der Waals surface area contributed by atoms with Gasteiger partial charge in [-0.15, -0.1) is 0 Å². The maximum atomic E-state index is 11.9. The third kappa shape index (κ3) is 4.10. The highest BCUT2D eigenvalue weighted by molar-refractivity contribution is 5.74. The number of aryl methyl sites for hydroxylation is 2. The molecular formula is C22H29N9O. The van der Waals surface area contributed by atoms with Gasteiger partial charge in [0.05, 0.1) is 30.3 Å². The zero-order valence-corrected chi connectivity index (χ0v) is 18.9. The molecule has 2 aliphatic heterocycles. The molecule has 0 radical (unpaired) electrons. The highest BCUT2D eigenvalue weighted by atomic mass is 16.2. The molecular weight excluding hydrogens is 406 g/mol. The van der Waals surface area contributed by atoms with Crippen LogP contribution in [0.25, 0.3) is 11.3 Å². The minimum absolute atomic E-state index is 0.0780. The fourth-order valence-electron chi connectivity index (χ4n) is 4.48. The van der Waals surface area contributed by atoms with E-state index in [1.807, 2.05) is 42.3 Å². The molecule has 168 valence electrons. The van der Waals surface area contributed by atoms with Crippen molar-refractivity contribution in [3.05, 3.63) is 41.7 Å². The topological polar surface area (TPSA) is 88.2 Å². The summed E-state index contributed by atoms with van der Waals surface area (Å²) in [4.78, 5) is 28.6. The van der Waals surface area contributed by atoms with Crippen molar-refractivity contribution < 1.29 is 4.79 Å². The first kappa shape index (κ1) is 20.6. The fraction of sp³-hybridized carbons (Fsp3) is 0.500. The standard InChI is InChI=1S/C22H29N9O/c1-16(32)31-5-4-19-20(15-31)25-21(18-11-24-28(3)14-18)22(26-19)30-8-6-29(7-9-30)13-17-10-23-27(2)12-17/h10-12,14H,4-9,13,15H2,1-3H3. The fourth-order valence-corrected chi connectivity index (χ4v) is 4.48. The van der Waals surface area contributed by atoms with Crippen LogP contribution >= 0.6 is 0 Å². The second-order valence-electron chi connectivity index (χ2n) is 8.67. The summed E-state index contributed by atoms with van der Waals surface area (Å²) in [6, 6.07) is 0. The number of hydrogen-bond acceptors (Lipinski definition) is 7. The number of fused-ring (bicyclic) bond motifs is 1. The van der Waals surface area contributed by atoms with Crippen molar-refractivity contribution >= 4 is 11.7 Å². The van der Waals surface area contributed by atoms with Crippen molar-refractivity contribution in [2.24, 2.45) is 14.1 Å². The molecule has 10 nitrogen and oxygen atoms in total. The van der Waals surface area contributed by atoms with Crippen LogP contribution in [0.5, 0.6) is 0 Å². The van der Waals surface area contributed by atoms with Gasteiger partial charge in [0.25, 0.3) is 0 Å². The van der Waals surface area contributed by atoms with Crippen molar-refractivity contribution in [3.8, 4) is 11.3 Å². The van der Waals surface area contributed by atoms with Crippen LogP contribution < -0.4 is 4.90 Å². The lowest BCUT2D eigenvalue weighted by molar-refractivity contribution is -0.129. The van der Waals surface area contributed by atoms with Crippen LogP contribution in [0.2, 0.25) is 0 Å². The molecule has 0 atom stereocenters. The predicted octanol–water partition coefficient (Wildman–Crippen LogP) is 0.837. The Morgan fingerprint density at radius 1 is 0.938 bits per heavy atom. The molecule has 0 saturated carbocycles. The first-order valence-corrected chi connectivity index (χ1v) is 11.1. The lowest BCUT2D eigenvalue weighted by atomic mass is 10.1. The van der Waals surface area contributed by atoms with E-state index in [0.717, 1.165) is 67.6 Å². The van der Waals surface area contributed by atoms with E-state index in [1.165, 1.54) is 5.56 Å². The Kier molecular flexibility index (Phi) is 5.38. The summed E-state index contributed by atoms with van der Waals surface area (Å²) in [7, 11) is 3.86. The SMILES string of the molecule is CC(=O)N1CCc2nc(N3CCN(Cc4cnn(C)c4)CC3)c(-c3cnn(C)c3)nc2C1. The Morgan fingerprint density at radius 3 is 2.34 bits per heavy atom. The maximum Gasteiger partial charge on any atom is 0.219 e. The van der Waals surface area contributed by atoms with E-state index < -0.39 is 0 Å². The van der Waals surface area contributed by atoms with Crippen LogP contribution in [0, 0.1) is 0 Å². The van der Waals surface area contributed by atoms with Crippen LogP contribution in [0.3, 0.4) is 0 Å². The molecule has 0 aromatic carbocycles. The summed E-state index contributed by atoms with van der Waals surface area (Å²) < 4.78 is 3.63. The largest absolute Gasteiger partial charge is 0.352 e. The van der Waals surface area contributed by atoms with E-state index in [1.54, 1.807) is 11.6 Å². The summed E-state index contributed by atoms with van der Waals surface area (Å²) in [5, 5.41) is 8.62. The third-order valence-corrected chi connectivity index (χ3v) is 6.25. The normalized spacial score (nSPS) is 17.0. The molecule has 0 unspecified atom stereocenters. The number of piperazine rings is 1. The zero-order chi connectivity index (χ0) is 22.2. The Morgan fingerprint density at radius 2 is 1.69 bits per heavy atom. The molecule has 10 heteroatoms. The molecule has 32 heavy (non-hydrogen) atoms. The maximum absolute atomic E-state index is 11.9. The molecule has 1 amide bonds. The number of carbonyl (C=O) groups excluding carboxylic acids is 1. The molecule has 1 saturated heterocycles. The zero-order valence-electron chi connectivity index (χ0n) is 18.9. The molecule has 0 N–H and O–H groups in total. The van der Waals surface area contributed by atoms with E-state index in [2.05, 4.69) is 26.2 Å². The number of amides is 1. The van der Waals surface area contributed by atoms with Crippen molar-refractivity contribution in [2.45, 2.75) is 26.4 Å². The van der Waals surface area contributed by atoms with Crippen molar-refractivity contribution in [1.82, 2.24) is 39.3 Å². The number of hydrogen-bond donors (Lipinski definition) is 0. The number of carbonyl (C=O) groups is 1. The van der Waals surface area contributed by atoms with Gasteiger partial charge in [-0.05, 0) is 0 Å². The second-order valence-corrected chi connectivity index (χ2v) is 8.67. The minimum Gasteiger partial charge on any atom is -0.352 e. The highest BCUT2D eigenvalue weighted by Gasteiger charge is 2.27. The van der Waals surface area contributed by atoms with Crippen LogP contribution in [0.4, 0.5) is 5.82 Å². The first-order valence-electron chi connectivity index (χ1n) is 11.1. The van der Waals surface area contributed by atoms with Gasteiger partial charge >= 0.3 is 0 Å². The van der Waals surface area contributed by atoms with Gasteiger partial charge in [0.15, 0.2) is 5.82 Å². The van der Waals surface area contributed by atoms with Crippen LogP contribution in [-0.4, -0.2) is 78.0 Å². The highest BCUT2D eigenvalue weighted by Crippen LogP contribution is 2.31. The van der Waals surface area contributed by atoms with Gasteiger partial charge < -0.3 is 9.80 Å². The van der Waals surface area contributed by atoms with E-state index >= 15 is 0 Å². The molecule has 3 aromatic rings. The molecule has 1 fully saturated rings. The van der Waals surface area contributed by atoms with E-state index in [0.29, 0.717) is 13.1 Å². The van der Waals surface area contributed by atoms with E-state index in [-0.39, 0.29) is 5.91 Å². The Balaban J connectivity index is 1.40. The van der Waals surface area contributed by atoms with Gasteiger partial charge in [0.2, 0.25) is 5.91 Å². The quantitative estimate of drug-likeness (QED) is 0.600. The Hall–Kier alpha value is -3.27. The summed E-state index contributed by atoms with van der Waals surface area (Å²) in [6.07, 6.45) is 8.57. The van der Waals surface area contributed by atoms with Crippen LogP contribution in [0.15, 0.2) is 24.8 Å². The first-order chi connectivity index (χ1) is 15.5. The lowest BCUT2D eigenvalue weighted by Gasteiger charge is -2.36. The van der Waals surface area contributed by atoms with Gasteiger partial charge in [-0.2, -0.15) is 10.2 Å². The molecule has 0 spiro atoms. The van der Waals surface area contributed by atoms with Gasteiger partial charge in [-0.1, -0.05) is 0 Å². The predicted molar refractivity (Wildman–Crippen MR) is 120 cm³/mol. The number of aromatic nitrogens is 6. The van der Waals surface area contributed by atoms with Crippen molar-refractivity contribution in [1.29, 1.82) is 0 Å². The molecule has 3 aromatic heterocycles. The summed E-state index contributed by atoms with van der Waals surface area (Å²) in [5.41, 5.74) is 4.94. The Labute approximate surface area is 187 Å². The molecule has 0 bridgehead atoms. The lowest BCUT2D eigenvalue weighted by Crippen LogP contribution is -2.46. The van der Waals surface area contributed by atoms with Gasteiger partial charge in [-0.3, -0.25) is 19.1 Å². The summed E-state index contributed by atoms with van der Waals surface area (Å²) >= 11 is 0. The van der Waals surface area contributed by atoms with Gasteiger partial charge in [0, 0.05) is 90.2 Å².